The van der Waals surface area contributed by atoms with Crippen LogP contribution in [0.25, 0.3) is 0 Å². The van der Waals surface area contributed by atoms with Crippen LogP contribution in [0.1, 0.15) is 42.0 Å². The molecule has 2 heterocycles. The monoisotopic (exact) mass is 285 g/mol. The van der Waals surface area contributed by atoms with Crippen molar-refractivity contribution in [3.05, 3.63) is 34.4 Å². The highest BCUT2D eigenvalue weighted by atomic mass is 19.4. The van der Waals surface area contributed by atoms with Crippen LogP contribution in [0.5, 0.6) is 0 Å². The van der Waals surface area contributed by atoms with Crippen molar-refractivity contribution < 1.29 is 17.9 Å². The van der Waals surface area contributed by atoms with Crippen LogP contribution in [-0.4, -0.2) is 18.7 Å². The largest absolute Gasteiger partial charge is 0.416 e. The zero-order valence-electron chi connectivity index (χ0n) is 11.6. The average Bonchev–Trinajstić information content (AvgIpc) is 2.78. The molecule has 2 atom stereocenters. The Morgan fingerprint density at radius 2 is 2.15 bits per heavy atom. The first kappa shape index (κ1) is 13.9. The van der Waals surface area contributed by atoms with Gasteiger partial charge in [-0.2, -0.15) is 13.2 Å². The van der Waals surface area contributed by atoms with Gasteiger partial charge in [-0.15, -0.1) is 0 Å². The molecule has 0 aromatic heterocycles. The first-order valence-corrected chi connectivity index (χ1v) is 6.92. The van der Waals surface area contributed by atoms with Gasteiger partial charge < -0.3 is 10.1 Å². The van der Waals surface area contributed by atoms with Crippen LogP contribution in [0, 0.1) is 0 Å². The number of rotatable bonds is 1. The second-order valence-electron chi connectivity index (χ2n) is 5.85. The summed E-state index contributed by atoms with van der Waals surface area (Å²) >= 11 is 0. The number of ether oxygens (including phenoxy) is 1. The van der Waals surface area contributed by atoms with Crippen molar-refractivity contribution in [3.63, 3.8) is 0 Å². The topological polar surface area (TPSA) is 21.3 Å². The Labute approximate surface area is 116 Å². The lowest BCUT2D eigenvalue weighted by Gasteiger charge is -2.38. The van der Waals surface area contributed by atoms with Gasteiger partial charge in [0, 0.05) is 19.0 Å². The minimum absolute atomic E-state index is 0.00106. The van der Waals surface area contributed by atoms with E-state index >= 15 is 0 Å². The fourth-order valence-electron chi connectivity index (χ4n) is 3.32. The summed E-state index contributed by atoms with van der Waals surface area (Å²) < 4.78 is 45.5. The van der Waals surface area contributed by atoms with Crippen LogP contribution in [0.2, 0.25) is 0 Å². The first-order valence-electron chi connectivity index (χ1n) is 6.92. The highest BCUT2D eigenvalue weighted by molar-refractivity contribution is 5.45. The normalized spacial score (nSPS) is 29.1. The van der Waals surface area contributed by atoms with E-state index < -0.39 is 11.7 Å². The van der Waals surface area contributed by atoms with E-state index in [9.17, 15) is 13.2 Å². The third kappa shape index (κ3) is 2.04. The van der Waals surface area contributed by atoms with E-state index in [4.69, 9.17) is 4.74 Å². The smallest absolute Gasteiger partial charge is 0.369 e. The Morgan fingerprint density at radius 3 is 2.80 bits per heavy atom. The predicted octanol–water partition coefficient (Wildman–Crippen LogP) is 3.24. The van der Waals surface area contributed by atoms with Crippen LogP contribution >= 0.6 is 0 Å². The van der Waals surface area contributed by atoms with Crippen molar-refractivity contribution in [3.8, 4) is 0 Å². The molecule has 0 unspecified atom stereocenters. The zero-order chi connectivity index (χ0) is 14.5. The van der Waals surface area contributed by atoms with Crippen molar-refractivity contribution in [1.29, 1.82) is 0 Å². The summed E-state index contributed by atoms with van der Waals surface area (Å²) in [6.07, 6.45) is -3.72. The van der Waals surface area contributed by atoms with Gasteiger partial charge in [-0.05, 0) is 36.1 Å². The summed E-state index contributed by atoms with van der Waals surface area (Å²) in [5.41, 5.74) is 0.965. The van der Waals surface area contributed by atoms with Gasteiger partial charge in [0.1, 0.15) is 0 Å². The summed E-state index contributed by atoms with van der Waals surface area (Å²) in [7, 11) is 0. The van der Waals surface area contributed by atoms with Gasteiger partial charge in [0.2, 0.25) is 0 Å². The Morgan fingerprint density at radius 1 is 1.40 bits per heavy atom. The number of aryl methyl sites for hydroxylation is 1. The molecule has 3 rings (SSSR count). The maximum absolute atomic E-state index is 13.3. The lowest BCUT2D eigenvalue weighted by Crippen LogP contribution is -2.40. The molecule has 2 nitrogen and oxygen atoms in total. The van der Waals surface area contributed by atoms with E-state index in [1.807, 2.05) is 19.9 Å². The maximum Gasteiger partial charge on any atom is 0.416 e. The highest BCUT2D eigenvalue weighted by Crippen LogP contribution is 2.45. The number of halogens is 3. The van der Waals surface area contributed by atoms with E-state index in [2.05, 4.69) is 5.32 Å². The summed E-state index contributed by atoms with van der Waals surface area (Å²) in [5.74, 6) is -0.00106. The first-order chi connectivity index (χ1) is 9.35. The molecule has 1 saturated heterocycles. The molecular weight excluding hydrogens is 267 g/mol. The fraction of sp³-hybridized carbons (Fsp3) is 0.600. The zero-order valence-corrected chi connectivity index (χ0v) is 11.6. The Bertz CT molecular complexity index is 541. The SMILES string of the molecule is CCc1cc2c(c(C(F)(F)F)c1)CO[C@@]1(C)CNC[C@@H]21. The fourth-order valence-corrected chi connectivity index (χ4v) is 3.32. The lowest BCUT2D eigenvalue weighted by atomic mass is 9.79. The Balaban J connectivity index is 2.18. The molecule has 1 N–H and O–H groups in total. The number of hydrogen-bond acceptors (Lipinski definition) is 2. The van der Waals surface area contributed by atoms with Crippen molar-refractivity contribution in [2.24, 2.45) is 0 Å². The highest BCUT2D eigenvalue weighted by Gasteiger charge is 2.47. The summed E-state index contributed by atoms with van der Waals surface area (Å²) in [5, 5.41) is 3.24. The summed E-state index contributed by atoms with van der Waals surface area (Å²) in [4.78, 5) is 0. The minimum atomic E-state index is -4.32. The van der Waals surface area contributed by atoms with Crippen LogP contribution in [0.3, 0.4) is 0 Å². The van der Waals surface area contributed by atoms with Crippen molar-refractivity contribution >= 4 is 0 Å². The van der Waals surface area contributed by atoms with Gasteiger partial charge in [0.15, 0.2) is 0 Å². The van der Waals surface area contributed by atoms with Crippen molar-refractivity contribution in [2.45, 2.75) is 44.6 Å². The minimum Gasteiger partial charge on any atom is -0.369 e. The molecule has 1 aromatic carbocycles. The Hall–Kier alpha value is -1.07. The quantitative estimate of drug-likeness (QED) is 0.855. The van der Waals surface area contributed by atoms with Crippen LogP contribution in [-0.2, 0) is 23.9 Å². The Kier molecular flexibility index (Phi) is 3.10. The molecule has 0 spiro atoms. The summed E-state index contributed by atoms with van der Waals surface area (Å²) in [6, 6.07) is 3.20. The molecule has 0 amide bonds. The van der Waals surface area contributed by atoms with Gasteiger partial charge in [-0.1, -0.05) is 13.0 Å². The third-order valence-electron chi connectivity index (χ3n) is 4.54. The van der Waals surface area contributed by atoms with Crippen LogP contribution in [0.15, 0.2) is 12.1 Å². The van der Waals surface area contributed by atoms with Crippen LogP contribution in [0.4, 0.5) is 13.2 Å². The molecule has 2 aliphatic rings. The number of nitrogens with one attached hydrogen (secondary N) is 1. The van der Waals surface area contributed by atoms with Gasteiger partial charge in [-0.3, -0.25) is 0 Å². The molecular formula is C15H18F3NO. The molecule has 1 aromatic rings. The van der Waals surface area contributed by atoms with E-state index in [0.29, 0.717) is 25.1 Å². The molecule has 0 radical (unpaired) electrons. The second-order valence-corrected chi connectivity index (χ2v) is 5.85. The molecule has 110 valence electrons. The lowest BCUT2D eigenvalue weighted by molar-refractivity contribution is -0.141. The van der Waals surface area contributed by atoms with Gasteiger partial charge in [-0.25, -0.2) is 0 Å². The second kappa shape index (κ2) is 4.46. The van der Waals surface area contributed by atoms with E-state index in [1.54, 1.807) is 0 Å². The molecule has 1 fully saturated rings. The average molecular weight is 285 g/mol. The molecule has 20 heavy (non-hydrogen) atoms. The predicted molar refractivity (Wildman–Crippen MR) is 69.6 cm³/mol. The number of hydrogen-bond donors (Lipinski definition) is 1. The molecule has 2 aliphatic heterocycles. The van der Waals surface area contributed by atoms with Gasteiger partial charge >= 0.3 is 6.18 Å². The third-order valence-corrected chi connectivity index (χ3v) is 4.54. The van der Waals surface area contributed by atoms with Crippen molar-refractivity contribution in [2.75, 3.05) is 13.1 Å². The number of fused-ring (bicyclic) bond motifs is 3. The van der Waals surface area contributed by atoms with E-state index in [0.717, 1.165) is 11.1 Å². The number of alkyl halides is 3. The van der Waals surface area contributed by atoms with Gasteiger partial charge in [0.25, 0.3) is 0 Å². The molecule has 0 saturated carbocycles. The number of benzene rings is 1. The van der Waals surface area contributed by atoms with Crippen molar-refractivity contribution in [1.82, 2.24) is 5.32 Å². The molecule has 5 heteroatoms. The summed E-state index contributed by atoms with van der Waals surface area (Å²) in [6.45, 7) is 5.27. The van der Waals surface area contributed by atoms with E-state index in [1.165, 1.54) is 6.07 Å². The van der Waals surface area contributed by atoms with E-state index in [-0.39, 0.29) is 18.1 Å². The van der Waals surface area contributed by atoms with Crippen LogP contribution < -0.4 is 5.32 Å². The van der Waals surface area contributed by atoms with Gasteiger partial charge in [0.05, 0.1) is 17.8 Å². The molecule has 0 bridgehead atoms. The maximum atomic E-state index is 13.3. The molecule has 0 aliphatic carbocycles. The standard InChI is InChI=1S/C15H18F3NO/c1-3-9-4-10-11(12(5-9)15(16,17)18)7-20-14(2)8-19-6-13(10)14/h4-5,13,19H,3,6-8H2,1-2H3/t13-,14-/m0/s1.